The van der Waals surface area contributed by atoms with E-state index in [1.807, 2.05) is 30.3 Å². The van der Waals surface area contributed by atoms with E-state index in [2.05, 4.69) is 9.89 Å². The number of benzene rings is 1. The average molecular weight is 305 g/mol. The highest BCUT2D eigenvalue weighted by Crippen LogP contribution is 2.19. The van der Waals surface area contributed by atoms with Crippen molar-refractivity contribution in [3.05, 3.63) is 36.0 Å². The number of nitrogens with zero attached hydrogens (tertiary/aromatic N) is 2. The average Bonchev–Trinajstić information content (AvgIpc) is 2.58. The molecule has 1 aromatic carbocycles. The fraction of sp³-hybridized carbons (Fsp3) is 0.438. The zero-order chi connectivity index (χ0) is 15.8. The van der Waals surface area contributed by atoms with Gasteiger partial charge in [-0.3, -0.25) is 4.99 Å². The van der Waals surface area contributed by atoms with E-state index in [0.717, 1.165) is 30.4 Å². The third kappa shape index (κ3) is 4.66. The fourth-order valence-corrected chi connectivity index (χ4v) is 2.15. The molecule has 1 aromatic rings. The lowest BCUT2D eigenvalue weighted by atomic mass is 10.3. The van der Waals surface area contributed by atoms with Crippen LogP contribution in [0.3, 0.4) is 0 Å². The Morgan fingerprint density at radius 2 is 2.09 bits per heavy atom. The number of morpholine rings is 1. The van der Waals surface area contributed by atoms with Crippen molar-refractivity contribution in [1.29, 1.82) is 0 Å². The number of methoxy groups -OCH3 is 1. The Labute approximate surface area is 131 Å². The van der Waals surface area contributed by atoms with E-state index in [1.54, 1.807) is 14.2 Å². The van der Waals surface area contributed by atoms with E-state index in [1.165, 1.54) is 0 Å². The van der Waals surface area contributed by atoms with E-state index >= 15 is 0 Å². The molecule has 0 atom stereocenters. The summed E-state index contributed by atoms with van der Waals surface area (Å²) in [5.74, 6) is 2.33. The molecule has 0 aromatic heterocycles. The Kier molecular flexibility index (Phi) is 6.09. The highest BCUT2D eigenvalue weighted by atomic mass is 16.5. The first-order chi connectivity index (χ1) is 10.7. The van der Waals surface area contributed by atoms with Crippen molar-refractivity contribution in [3.63, 3.8) is 0 Å². The molecule has 0 spiro atoms. The molecule has 0 unspecified atom stereocenters. The van der Waals surface area contributed by atoms with Crippen molar-refractivity contribution in [3.8, 4) is 11.5 Å². The Hall–Kier alpha value is -2.21. The van der Waals surface area contributed by atoms with Gasteiger partial charge in [0.25, 0.3) is 0 Å². The van der Waals surface area contributed by atoms with Crippen LogP contribution in [-0.4, -0.2) is 57.8 Å². The van der Waals surface area contributed by atoms with Crippen molar-refractivity contribution < 1.29 is 14.2 Å². The number of rotatable bonds is 5. The molecular weight excluding hydrogens is 282 g/mol. The van der Waals surface area contributed by atoms with Gasteiger partial charge in [-0.05, 0) is 12.1 Å². The minimum absolute atomic E-state index is 0.302. The van der Waals surface area contributed by atoms with Crippen LogP contribution < -0.4 is 15.2 Å². The van der Waals surface area contributed by atoms with E-state index in [9.17, 15) is 0 Å². The summed E-state index contributed by atoms with van der Waals surface area (Å²) < 4.78 is 16.2. The molecule has 1 fully saturated rings. The van der Waals surface area contributed by atoms with Crippen LogP contribution in [0.15, 0.2) is 41.0 Å². The third-order valence-corrected chi connectivity index (χ3v) is 3.33. The lowest BCUT2D eigenvalue weighted by molar-refractivity contribution is 0.0684. The molecule has 0 aliphatic carbocycles. The van der Waals surface area contributed by atoms with E-state index in [4.69, 9.17) is 19.9 Å². The number of hydrogen-bond acceptors (Lipinski definition) is 5. The standard InChI is InChI=1S/C16H23N3O3/c1-18-16(19-6-8-21-9-7-19)10-13(17)12-22-15-5-3-4-14(11-15)20-2/h3-5,10-11H,6-9,12,17H2,1-2H3. The molecule has 1 saturated heterocycles. The number of ether oxygens (including phenoxy) is 3. The zero-order valence-corrected chi connectivity index (χ0v) is 13.1. The van der Waals surface area contributed by atoms with Gasteiger partial charge in [0.1, 0.15) is 23.9 Å². The van der Waals surface area contributed by atoms with Gasteiger partial charge < -0.3 is 24.8 Å². The quantitative estimate of drug-likeness (QED) is 0.655. The van der Waals surface area contributed by atoms with Crippen LogP contribution in [0, 0.1) is 0 Å². The van der Waals surface area contributed by atoms with Crippen LogP contribution in [0.1, 0.15) is 0 Å². The van der Waals surface area contributed by atoms with Gasteiger partial charge in [0.05, 0.1) is 20.3 Å². The molecular formula is C16H23N3O3. The minimum atomic E-state index is 0.302. The van der Waals surface area contributed by atoms with Crippen molar-refractivity contribution in [2.24, 2.45) is 10.7 Å². The van der Waals surface area contributed by atoms with Gasteiger partial charge in [-0.2, -0.15) is 0 Å². The molecule has 0 bridgehead atoms. The second-order valence-electron chi connectivity index (χ2n) is 4.87. The first-order valence-electron chi connectivity index (χ1n) is 7.25. The largest absolute Gasteiger partial charge is 0.497 e. The molecule has 1 heterocycles. The fourth-order valence-electron chi connectivity index (χ4n) is 2.15. The van der Waals surface area contributed by atoms with Crippen molar-refractivity contribution in [2.45, 2.75) is 0 Å². The van der Waals surface area contributed by atoms with Crippen molar-refractivity contribution in [2.75, 3.05) is 47.1 Å². The maximum absolute atomic E-state index is 6.04. The predicted molar refractivity (Wildman–Crippen MR) is 86.5 cm³/mol. The van der Waals surface area contributed by atoms with Crippen LogP contribution in [0.25, 0.3) is 0 Å². The smallest absolute Gasteiger partial charge is 0.128 e. The summed E-state index contributed by atoms with van der Waals surface area (Å²) in [6.45, 7) is 3.39. The second-order valence-corrected chi connectivity index (χ2v) is 4.87. The van der Waals surface area contributed by atoms with Crippen LogP contribution in [-0.2, 0) is 4.74 Å². The van der Waals surface area contributed by atoms with Gasteiger partial charge in [-0.1, -0.05) is 6.07 Å². The topological polar surface area (TPSA) is 69.3 Å². The maximum Gasteiger partial charge on any atom is 0.128 e. The molecule has 0 amide bonds. The van der Waals surface area contributed by atoms with Gasteiger partial charge >= 0.3 is 0 Å². The van der Waals surface area contributed by atoms with E-state index in [0.29, 0.717) is 25.5 Å². The molecule has 6 heteroatoms. The summed E-state index contributed by atoms with van der Waals surface area (Å²) in [6.07, 6.45) is 1.85. The number of aliphatic imine (C=N–C) groups is 1. The molecule has 2 rings (SSSR count). The Morgan fingerprint density at radius 3 is 2.77 bits per heavy atom. The number of amidine groups is 1. The van der Waals surface area contributed by atoms with Gasteiger partial charge in [0, 0.05) is 38.0 Å². The Bertz CT molecular complexity index is 537. The lowest BCUT2D eigenvalue weighted by Crippen LogP contribution is -2.40. The summed E-state index contributed by atoms with van der Waals surface area (Å²) >= 11 is 0. The highest BCUT2D eigenvalue weighted by Gasteiger charge is 2.13. The predicted octanol–water partition coefficient (Wildman–Crippen LogP) is 1.28. The van der Waals surface area contributed by atoms with Crippen LogP contribution in [0.5, 0.6) is 11.5 Å². The minimum Gasteiger partial charge on any atom is -0.497 e. The van der Waals surface area contributed by atoms with E-state index < -0.39 is 0 Å². The summed E-state index contributed by atoms with van der Waals surface area (Å²) in [4.78, 5) is 6.44. The molecule has 1 aliphatic heterocycles. The molecule has 0 saturated carbocycles. The summed E-state index contributed by atoms with van der Waals surface area (Å²) in [5.41, 5.74) is 6.66. The molecule has 120 valence electrons. The normalized spacial score (nSPS) is 16.5. The molecule has 1 aliphatic rings. The highest BCUT2D eigenvalue weighted by molar-refractivity contribution is 5.93. The number of nitrogens with two attached hydrogens (primary N) is 1. The van der Waals surface area contributed by atoms with Crippen LogP contribution in [0.2, 0.25) is 0 Å². The third-order valence-electron chi connectivity index (χ3n) is 3.33. The number of hydrogen-bond donors (Lipinski definition) is 1. The van der Waals surface area contributed by atoms with Crippen molar-refractivity contribution >= 4 is 5.84 Å². The lowest BCUT2D eigenvalue weighted by Gasteiger charge is -2.28. The molecule has 2 N–H and O–H groups in total. The van der Waals surface area contributed by atoms with Gasteiger partial charge in [0.2, 0.25) is 0 Å². The first kappa shape index (κ1) is 16.2. The SMILES string of the molecule is CN=C(C=C(N)COc1cccc(OC)c1)N1CCOCC1. The summed E-state index contributed by atoms with van der Waals surface area (Å²) in [5, 5.41) is 0. The monoisotopic (exact) mass is 305 g/mol. The van der Waals surface area contributed by atoms with Gasteiger partial charge in [0.15, 0.2) is 0 Å². The maximum atomic E-state index is 6.04. The zero-order valence-electron chi connectivity index (χ0n) is 13.1. The van der Waals surface area contributed by atoms with Gasteiger partial charge in [-0.25, -0.2) is 0 Å². The van der Waals surface area contributed by atoms with Gasteiger partial charge in [-0.15, -0.1) is 0 Å². The summed E-state index contributed by atoms with van der Waals surface area (Å²) in [7, 11) is 3.39. The first-order valence-corrected chi connectivity index (χ1v) is 7.25. The van der Waals surface area contributed by atoms with Crippen molar-refractivity contribution in [1.82, 2.24) is 4.90 Å². The molecule has 6 nitrogen and oxygen atoms in total. The van der Waals surface area contributed by atoms with Crippen LogP contribution >= 0.6 is 0 Å². The molecule has 22 heavy (non-hydrogen) atoms. The molecule has 0 radical (unpaired) electrons. The second kappa shape index (κ2) is 8.29. The van der Waals surface area contributed by atoms with E-state index in [-0.39, 0.29) is 0 Å². The Morgan fingerprint density at radius 1 is 1.36 bits per heavy atom. The summed E-state index contributed by atoms with van der Waals surface area (Å²) in [6, 6.07) is 7.43. The van der Waals surface area contributed by atoms with Crippen LogP contribution in [0.4, 0.5) is 0 Å². The Balaban J connectivity index is 1.93.